The van der Waals surface area contributed by atoms with Gasteiger partial charge in [-0.3, -0.25) is 0 Å². The quantitative estimate of drug-likeness (QED) is 0.151. The zero-order chi connectivity index (χ0) is 41.9. The second-order valence-corrected chi connectivity index (χ2v) is 21.1. The summed E-state index contributed by atoms with van der Waals surface area (Å²) in [4.78, 5) is 13.5. The molecule has 16 heteroatoms. The highest BCUT2D eigenvalue weighted by molar-refractivity contribution is 7.92. The number of sulfone groups is 4. The van der Waals surface area contributed by atoms with E-state index < -0.39 is 39.3 Å². The van der Waals surface area contributed by atoms with Crippen LogP contribution in [0.15, 0.2) is 185 Å². The van der Waals surface area contributed by atoms with E-state index in [0.717, 1.165) is 0 Å². The first-order chi connectivity index (χ1) is 28.8. The summed E-state index contributed by atoms with van der Waals surface area (Å²) < 4.78 is 117. The highest BCUT2D eigenvalue weighted by atomic mass is 32.2. The van der Waals surface area contributed by atoms with Crippen LogP contribution in [0.5, 0.6) is 0 Å². The fourth-order valence-electron chi connectivity index (χ4n) is 7.10. The molecule has 0 unspecified atom stereocenters. The Kier molecular flexibility index (Phi) is 9.39. The second-order valence-electron chi connectivity index (χ2n) is 13.6. The molecule has 8 bridgehead atoms. The minimum Gasteiger partial charge on any atom is -0.353 e. The van der Waals surface area contributed by atoms with Crippen molar-refractivity contribution in [1.82, 2.24) is 19.9 Å². The number of nitrogens with one attached hydrogen (secondary N) is 2. The molecule has 0 fully saturated rings. The number of nitrogens with zero attached hydrogens (tertiary/aromatic N) is 2. The van der Waals surface area contributed by atoms with E-state index in [0.29, 0.717) is 0 Å². The van der Waals surface area contributed by atoms with Crippen LogP contribution in [-0.2, 0) is 39.3 Å². The van der Waals surface area contributed by atoms with Crippen molar-refractivity contribution >= 4 is 85.7 Å². The van der Waals surface area contributed by atoms with Crippen molar-refractivity contribution < 1.29 is 33.7 Å². The normalized spacial score (nSPS) is 13.1. The Morgan fingerprint density at radius 2 is 0.483 bits per heavy atom. The molecular weight excluding hydrogens is 841 g/mol. The van der Waals surface area contributed by atoms with Crippen LogP contribution in [0.4, 0.5) is 0 Å². The largest absolute Gasteiger partial charge is 0.353 e. The molecule has 0 radical (unpaired) electrons. The van der Waals surface area contributed by atoms with Gasteiger partial charge in [-0.25, -0.2) is 43.6 Å². The molecule has 0 spiro atoms. The smallest absolute Gasteiger partial charge is 0.210 e. The standard InChI is InChI=1S/C44H30N4O8S4/c49-57(50,29-13-5-1-6-14-29)41-33-21-23-35(45-33)42(58(51,52)30-15-7-2-8-16-30)37-25-27-39(47-37)44(60(55,56)32-19-11-4-12-20-32)40-28-26-38(48-40)43(36-24-22-34(41)46-36)59(53,54)31-17-9-3-10-18-31/h1-28,45,48H. The third kappa shape index (κ3) is 6.49. The number of hydrogen-bond acceptors (Lipinski definition) is 10. The lowest BCUT2D eigenvalue weighted by atomic mass is 10.3. The maximum absolute atomic E-state index is 14.7. The van der Waals surface area contributed by atoms with Crippen LogP contribution in [0, 0.1) is 0 Å². The van der Waals surface area contributed by atoms with E-state index in [4.69, 9.17) is 0 Å². The first kappa shape index (κ1) is 38.8. The van der Waals surface area contributed by atoms with Crippen molar-refractivity contribution in [3.05, 3.63) is 168 Å². The fourth-order valence-corrected chi connectivity index (χ4v) is 13.3. The molecule has 0 saturated carbocycles. The van der Waals surface area contributed by atoms with Gasteiger partial charge in [-0.15, -0.1) is 0 Å². The van der Waals surface area contributed by atoms with E-state index in [1.54, 1.807) is 72.8 Å². The van der Waals surface area contributed by atoms with Crippen LogP contribution < -0.4 is 0 Å². The molecule has 3 aromatic heterocycles. The van der Waals surface area contributed by atoms with Gasteiger partial charge >= 0.3 is 0 Å². The van der Waals surface area contributed by atoms with Crippen molar-refractivity contribution in [2.75, 3.05) is 0 Å². The molecule has 0 aliphatic carbocycles. The number of fused-ring (bicyclic) bond motifs is 8. The first-order valence-electron chi connectivity index (χ1n) is 18.1. The zero-order valence-electron chi connectivity index (χ0n) is 31.0. The predicted octanol–water partition coefficient (Wildman–Crippen LogP) is 7.99. The predicted molar refractivity (Wildman–Crippen MR) is 226 cm³/mol. The Morgan fingerprint density at radius 3 is 0.683 bits per heavy atom. The highest BCUT2D eigenvalue weighted by Crippen LogP contribution is 2.37. The van der Waals surface area contributed by atoms with Crippen LogP contribution in [-0.4, -0.2) is 53.6 Å². The average molecular weight is 871 g/mol. The molecule has 4 aromatic carbocycles. The third-order valence-corrected chi connectivity index (χ3v) is 17.3. The Labute approximate surface area is 345 Å². The van der Waals surface area contributed by atoms with Crippen LogP contribution in [0.3, 0.4) is 0 Å². The lowest BCUT2D eigenvalue weighted by Gasteiger charge is -2.08. The Bertz CT molecular complexity index is 3100. The number of aromatic nitrogens is 4. The summed E-state index contributed by atoms with van der Waals surface area (Å²) in [7, 11) is -17.8. The molecule has 2 aliphatic heterocycles. The molecule has 2 aliphatic rings. The van der Waals surface area contributed by atoms with Crippen LogP contribution in [0.25, 0.3) is 46.4 Å². The summed E-state index contributed by atoms with van der Waals surface area (Å²) in [5.74, 6) is 0. The Balaban J connectivity index is 1.51. The number of aromatic amines is 2. The van der Waals surface area contributed by atoms with Crippen molar-refractivity contribution in [3.8, 4) is 0 Å². The van der Waals surface area contributed by atoms with Crippen LogP contribution >= 0.6 is 0 Å². The van der Waals surface area contributed by atoms with Crippen molar-refractivity contribution in [3.63, 3.8) is 0 Å². The van der Waals surface area contributed by atoms with E-state index in [1.165, 1.54) is 97.1 Å². The third-order valence-electron chi connectivity index (χ3n) is 9.85. The number of benzene rings is 4. The molecule has 0 saturated heterocycles. The minimum absolute atomic E-state index is 0.0633. The van der Waals surface area contributed by atoms with E-state index >= 15 is 0 Å². The zero-order valence-corrected chi connectivity index (χ0v) is 34.2. The minimum atomic E-state index is -4.45. The summed E-state index contributed by atoms with van der Waals surface area (Å²) in [5.41, 5.74) is -0.857. The van der Waals surface area contributed by atoms with Gasteiger partial charge in [-0.05, 0) is 97.1 Å². The summed E-state index contributed by atoms with van der Waals surface area (Å²) in [6.07, 6.45) is 5.45. The summed E-state index contributed by atoms with van der Waals surface area (Å²) in [6.45, 7) is 0. The number of H-pyrrole nitrogens is 2. The van der Waals surface area contributed by atoms with Gasteiger partial charge in [-0.1, -0.05) is 72.8 Å². The van der Waals surface area contributed by atoms with E-state index in [1.807, 2.05) is 0 Å². The maximum Gasteiger partial charge on any atom is 0.210 e. The first-order valence-corrected chi connectivity index (χ1v) is 24.1. The molecule has 2 N–H and O–H groups in total. The average Bonchev–Trinajstić information content (AvgIpc) is 4.10. The lowest BCUT2D eigenvalue weighted by Crippen LogP contribution is -2.07. The van der Waals surface area contributed by atoms with E-state index in [2.05, 4.69) is 19.9 Å². The summed E-state index contributed by atoms with van der Waals surface area (Å²) in [6, 6.07) is 35.8. The van der Waals surface area contributed by atoms with Gasteiger partial charge in [-0.2, -0.15) is 0 Å². The number of rotatable bonds is 8. The van der Waals surface area contributed by atoms with Crippen LogP contribution in [0.1, 0.15) is 22.8 Å². The molecule has 5 heterocycles. The highest BCUT2D eigenvalue weighted by Gasteiger charge is 2.32. The van der Waals surface area contributed by atoms with Crippen molar-refractivity contribution in [2.24, 2.45) is 0 Å². The van der Waals surface area contributed by atoms with E-state index in [-0.39, 0.29) is 84.0 Å². The Hall–Kier alpha value is -6.72. The monoisotopic (exact) mass is 870 g/mol. The van der Waals surface area contributed by atoms with Crippen molar-refractivity contribution in [1.29, 1.82) is 0 Å². The Morgan fingerprint density at radius 1 is 0.283 bits per heavy atom. The van der Waals surface area contributed by atoms with Gasteiger partial charge in [0, 0.05) is 0 Å². The number of hydrogen-bond donors (Lipinski definition) is 2. The van der Waals surface area contributed by atoms with Gasteiger partial charge in [0.05, 0.1) is 64.4 Å². The summed E-state index contributed by atoms with van der Waals surface area (Å²) in [5, 5.41) is 0. The topological polar surface area (TPSA) is 194 Å². The van der Waals surface area contributed by atoms with Gasteiger partial charge in [0.1, 0.15) is 19.6 Å². The molecule has 298 valence electrons. The molecule has 9 rings (SSSR count). The second kappa shape index (κ2) is 14.5. The molecule has 0 atom stereocenters. The fraction of sp³-hybridized carbons (Fsp3) is 0. The maximum atomic E-state index is 14.7. The SMILES string of the molecule is O=S(=O)(c1ccccc1)c1c2nc(c(S(=O)(=O)c3ccccc3)c3ccc([nH]3)c(S(=O)(=O)c3ccccc3)c3nc(c(S(=O)(=O)c4ccccc4)c4ccc1[nH]4)C=C3)C=C2. The molecule has 0 amide bonds. The van der Waals surface area contributed by atoms with E-state index in [9.17, 15) is 33.7 Å². The lowest BCUT2D eigenvalue weighted by molar-refractivity contribution is 0.594. The van der Waals surface area contributed by atoms with Gasteiger partial charge in [0.25, 0.3) is 0 Å². The summed E-state index contributed by atoms with van der Waals surface area (Å²) >= 11 is 0. The molecular formula is C44H30N4O8S4. The van der Waals surface area contributed by atoms with Crippen molar-refractivity contribution in [2.45, 2.75) is 39.2 Å². The molecule has 60 heavy (non-hydrogen) atoms. The van der Waals surface area contributed by atoms with Gasteiger partial charge < -0.3 is 9.97 Å². The molecule has 7 aromatic rings. The van der Waals surface area contributed by atoms with Gasteiger partial charge in [0.2, 0.25) is 39.3 Å². The van der Waals surface area contributed by atoms with Gasteiger partial charge in [0.15, 0.2) is 0 Å². The molecule has 12 nitrogen and oxygen atoms in total. The van der Waals surface area contributed by atoms with Crippen LogP contribution in [0.2, 0.25) is 0 Å².